The van der Waals surface area contributed by atoms with Crippen molar-refractivity contribution in [3.63, 3.8) is 0 Å². The van der Waals surface area contributed by atoms with Gasteiger partial charge in [-0.05, 0) is 24.1 Å². The molecule has 2 heterocycles. The molecule has 0 spiro atoms. The summed E-state index contributed by atoms with van der Waals surface area (Å²) in [4.78, 5) is 12.0. The molecule has 0 saturated carbocycles. The summed E-state index contributed by atoms with van der Waals surface area (Å²) in [5, 5.41) is 6.68. The van der Waals surface area contributed by atoms with Gasteiger partial charge in [-0.1, -0.05) is 17.3 Å². The smallest absolute Gasteiger partial charge is 0.406 e. The molecule has 0 bridgehead atoms. The van der Waals surface area contributed by atoms with E-state index in [1.165, 1.54) is 18.2 Å². The van der Waals surface area contributed by atoms with Gasteiger partial charge in [0.1, 0.15) is 12.4 Å². The first kappa shape index (κ1) is 21.1. The molecule has 1 saturated heterocycles. The summed E-state index contributed by atoms with van der Waals surface area (Å²) in [7, 11) is 0. The zero-order valence-electron chi connectivity index (χ0n) is 15.5. The molecule has 1 fully saturated rings. The molecule has 1 aliphatic heterocycles. The predicted molar refractivity (Wildman–Crippen MR) is 93.8 cm³/mol. The van der Waals surface area contributed by atoms with Gasteiger partial charge in [0.25, 0.3) is 0 Å². The number of amides is 1. The number of carbonyl (C=O) groups is 1. The molecule has 1 amide bonds. The van der Waals surface area contributed by atoms with Gasteiger partial charge in [0.05, 0.1) is 25.3 Å². The standard InChI is InChI=1S/C19H21F3N2O5/c20-19(21,22)28-16-3-1-2-13(6-16)10-27-12-17-7-15(24-29-17)8-18(25)23-9-14-4-5-26-11-14/h1-3,6-7,14H,4-5,8-12H2,(H,23,25). The fraction of sp³-hybridized carbons (Fsp3) is 0.474. The molecule has 1 N–H and O–H groups in total. The summed E-state index contributed by atoms with van der Waals surface area (Å²) in [5.74, 6) is 0.301. The highest BCUT2D eigenvalue weighted by molar-refractivity contribution is 5.78. The third-order valence-corrected chi connectivity index (χ3v) is 4.21. The number of nitrogens with one attached hydrogen (secondary N) is 1. The van der Waals surface area contributed by atoms with Crippen molar-refractivity contribution in [3.8, 4) is 5.75 Å². The Morgan fingerprint density at radius 2 is 2.14 bits per heavy atom. The number of hydrogen-bond donors (Lipinski definition) is 1. The lowest BCUT2D eigenvalue weighted by Crippen LogP contribution is -2.30. The number of alkyl halides is 3. The van der Waals surface area contributed by atoms with Gasteiger partial charge < -0.3 is 24.1 Å². The molecular weight excluding hydrogens is 393 g/mol. The normalized spacial score (nSPS) is 16.7. The quantitative estimate of drug-likeness (QED) is 0.679. The van der Waals surface area contributed by atoms with Gasteiger partial charge in [-0.2, -0.15) is 0 Å². The van der Waals surface area contributed by atoms with Crippen LogP contribution in [0.2, 0.25) is 0 Å². The zero-order valence-corrected chi connectivity index (χ0v) is 15.5. The number of benzene rings is 1. The van der Waals surface area contributed by atoms with Crippen LogP contribution in [0.15, 0.2) is 34.9 Å². The zero-order chi connectivity index (χ0) is 20.7. The van der Waals surface area contributed by atoms with E-state index in [4.69, 9.17) is 14.0 Å². The minimum atomic E-state index is -4.74. The van der Waals surface area contributed by atoms with Crippen molar-refractivity contribution in [2.24, 2.45) is 5.92 Å². The van der Waals surface area contributed by atoms with Crippen molar-refractivity contribution in [2.75, 3.05) is 19.8 Å². The molecule has 0 aliphatic carbocycles. The number of aromatic nitrogens is 1. The van der Waals surface area contributed by atoms with Crippen LogP contribution in [0.4, 0.5) is 13.2 Å². The largest absolute Gasteiger partial charge is 0.573 e. The van der Waals surface area contributed by atoms with E-state index in [9.17, 15) is 18.0 Å². The predicted octanol–water partition coefficient (Wildman–Crippen LogP) is 2.99. The summed E-state index contributed by atoms with van der Waals surface area (Å²) < 4.78 is 56.5. The van der Waals surface area contributed by atoms with E-state index < -0.39 is 6.36 Å². The Balaban J connectivity index is 1.40. The molecule has 10 heteroatoms. The minimum Gasteiger partial charge on any atom is -0.406 e. The molecule has 7 nitrogen and oxygen atoms in total. The number of nitrogens with zero attached hydrogens (tertiary/aromatic N) is 1. The second-order valence-corrected chi connectivity index (χ2v) is 6.68. The highest BCUT2D eigenvalue weighted by Gasteiger charge is 2.31. The molecule has 1 unspecified atom stereocenters. The Morgan fingerprint density at radius 3 is 2.90 bits per heavy atom. The molecule has 1 atom stereocenters. The summed E-state index contributed by atoms with van der Waals surface area (Å²) in [6.45, 7) is 2.10. The van der Waals surface area contributed by atoms with Crippen molar-refractivity contribution in [2.45, 2.75) is 32.4 Å². The third-order valence-electron chi connectivity index (χ3n) is 4.21. The lowest BCUT2D eigenvalue weighted by Gasteiger charge is -2.10. The van der Waals surface area contributed by atoms with Crippen LogP contribution in [0, 0.1) is 5.92 Å². The Morgan fingerprint density at radius 1 is 1.28 bits per heavy atom. The molecule has 3 rings (SSSR count). The Bertz CT molecular complexity index is 803. The topological polar surface area (TPSA) is 82.8 Å². The van der Waals surface area contributed by atoms with Crippen molar-refractivity contribution >= 4 is 5.91 Å². The summed E-state index contributed by atoms with van der Waals surface area (Å²) in [6, 6.07) is 7.14. The minimum absolute atomic E-state index is 0.0645. The maximum absolute atomic E-state index is 12.3. The average Bonchev–Trinajstić information content (AvgIpc) is 3.31. The number of rotatable bonds is 9. The molecule has 1 aliphatic rings. The second kappa shape index (κ2) is 9.75. The van der Waals surface area contributed by atoms with E-state index >= 15 is 0 Å². The average molecular weight is 414 g/mol. The molecule has 0 radical (unpaired) electrons. The van der Waals surface area contributed by atoms with Crippen LogP contribution in [0.25, 0.3) is 0 Å². The molecule has 29 heavy (non-hydrogen) atoms. The van der Waals surface area contributed by atoms with Gasteiger partial charge in [-0.3, -0.25) is 4.79 Å². The van der Waals surface area contributed by atoms with Crippen LogP contribution in [0.5, 0.6) is 5.75 Å². The van der Waals surface area contributed by atoms with Crippen LogP contribution in [0.1, 0.15) is 23.4 Å². The lowest BCUT2D eigenvalue weighted by atomic mass is 10.1. The summed E-state index contributed by atoms with van der Waals surface area (Å²) in [6.07, 6.45) is -3.71. The maximum atomic E-state index is 12.3. The number of ether oxygens (including phenoxy) is 3. The molecule has 1 aromatic heterocycles. The Labute approximate surface area is 165 Å². The first-order chi connectivity index (χ1) is 13.9. The maximum Gasteiger partial charge on any atom is 0.573 e. The van der Waals surface area contributed by atoms with Gasteiger partial charge in [0.15, 0.2) is 5.76 Å². The van der Waals surface area contributed by atoms with Crippen LogP contribution in [-0.4, -0.2) is 37.2 Å². The molecule has 1 aromatic carbocycles. The van der Waals surface area contributed by atoms with Crippen molar-refractivity contribution in [3.05, 3.63) is 47.3 Å². The van der Waals surface area contributed by atoms with Crippen LogP contribution in [0.3, 0.4) is 0 Å². The monoisotopic (exact) mass is 414 g/mol. The number of halogens is 3. The van der Waals surface area contributed by atoms with E-state index in [-0.39, 0.29) is 31.3 Å². The lowest BCUT2D eigenvalue weighted by molar-refractivity contribution is -0.274. The second-order valence-electron chi connectivity index (χ2n) is 6.68. The highest BCUT2D eigenvalue weighted by atomic mass is 19.4. The van der Waals surface area contributed by atoms with E-state index in [0.29, 0.717) is 36.1 Å². The van der Waals surface area contributed by atoms with E-state index in [1.807, 2.05) is 0 Å². The van der Waals surface area contributed by atoms with Gasteiger partial charge in [0.2, 0.25) is 5.91 Å². The van der Waals surface area contributed by atoms with Crippen molar-refractivity contribution in [1.29, 1.82) is 0 Å². The number of hydrogen-bond acceptors (Lipinski definition) is 6. The molecule has 158 valence electrons. The van der Waals surface area contributed by atoms with E-state index in [2.05, 4.69) is 15.2 Å². The highest BCUT2D eigenvalue weighted by Crippen LogP contribution is 2.23. The molecular formula is C19H21F3N2O5. The van der Waals surface area contributed by atoms with Crippen molar-refractivity contribution < 1.29 is 36.7 Å². The third kappa shape index (κ3) is 7.39. The number of carbonyl (C=O) groups excluding carboxylic acids is 1. The SMILES string of the molecule is O=C(Cc1cc(COCc2cccc(OC(F)(F)F)c2)on1)NCC1CCOC1. The van der Waals surface area contributed by atoms with Crippen molar-refractivity contribution in [1.82, 2.24) is 10.5 Å². The van der Waals surface area contributed by atoms with Crippen LogP contribution >= 0.6 is 0 Å². The summed E-state index contributed by atoms with van der Waals surface area (Å²) in [5.41, 5.74) is 0.992. The van der Waals surface area contributed by atoms with Gasteiger partial charge in [-0.15, -0.1) is 13.2 Å². The Kier molecular flexibility index (Phi) is 7.10. The van der Waals surface area contributed by atoms with Gasteiger partial charge in [-0.25, -0.2) is 0 Å². The Hall–Kier alpha value is -2.59. The van der Waals surface area contributed by atoms with Crippen LogP contribution in [-0.2, 0) is 33.9 Å². The summed E-state index contributed by atoms with van der Waals surface area (Å²) >= 11 is 0. The van der Waals surface area contributed by atoms with Crippen LogP contribution < -0.4 is 10.1 Å². The first-order valence-corrected chi connectivity index (χ1v) is 9.09. The van der Waals surface area contributed by atoms with E-state index in [1.54, 1.807) is 12.1 Å². The fourth-order valence-electron chi connectivity index (χ4n) is 2.84. The van der Waals surface area contributed by atoms with Gasteiger partial charge in [0, 0.05) is 25.1 Å². The van der Waals surface area contributed by atoms with E-state index in [0.717, 1.165) is 13.0 Å². The fourth-order valence-corrected chi connectivity index (χ4v) is 2.84. The van der Waals surface area contributed by atoms with Gasteiger partial charge >= 0.3 is 6.36 Å². The molecule has 2 aromatic rings. The first-order valence-electron chi connectivity index (χ1n) is 9.09.